The van der Waals surface area contributed by atoms with Gasteiger partial charge in [-0.05, 0) is 37.1 Å². The molecule has 1 heterocycles. The number of piperidine rings is 1. The lowest BCUT2D eigenvalue weighted by atomic mass is 10.0. The number of rotatable bonds is 6. The van der Waals surface area contributed by atoms with Gasteiger partial charge >= 0.3 is 0 Å². The van der Waals surface area contributed by atoms with Gasteiger partial charge in [0.2, 0.25) is 5.91 Å². The van der Waals surface area contributed by atoms with Crippen molar-refractivity contribution in [2.24, 2.45) is 0 Å². The smallest absolute Gasteiger partial charge is 0.253 e. The van der Waals surface area contributed by atoms with Gasteiger partial charge in [-0.1, -0.05) is 36.4 Å². The van der Waals surface area contributed by atoms with E-state index in [0.717, 1.165) is 18.6 Å². The fraction of sp³-hybridized carbons (Fsp3) is 0.333. The van der Waals surface area contributed by atoms with E-state index in [1.54, 1.807) is 0 Å². The van der Waals surface area contributed by atoms with Crippen LogP contribution in [0.25, 0.3) is 0 Å². The summed E-state index contributed by atoms with van der Waals surface area (Å²) in [6, 6.07) is 18.9. The number of hydrogen-bond acceptors (Lipinski definition) is 3. The molecule has 0 radical (unpaired) electrons. The van der Waals surface area contributed by atoms with Crippen molar-refractivity contribution in [3.05, 3.63) is 66.2 Å². The summed E-state index contributed by atoms with van der Waals surface area (Å²) >= 11 is 0. The zero-order valence-corrected chi connectivity index (χ0v) is 14.8. The molecule has 2 aromatic carbocycles. The lowest BCUT2D eigenvalue weighted by molar-refractivity contribution is -0.122. The number of likely N-dealkylation sites (tertiary alicyclic amines) is 1. The van der Waals surface area contributed by atoms with Gasteiger partial charge in [0.1, 0.15) is 5.75 Å². The predicted molar refractivity (Wildman–Crippen MR) is 100 cm³/mol. The number of para-hydroxylation sites is 1. The summed E-state index contributed by atoms with van der Waals surface area (Å²) in [7, 11) is 0. The largest absolute Gasteiger partial charge is 0.493 e. The van der Waals surface area contributed by atoms with E-state index in [9.17, 15) is 9.59 Å². The lowest BCUT2D eigenvalue weighted by Crippen LogP contribution is -2.46. The minimum absolute atomic E-state index is 0.00577. The number of nitrogens with zero attached hydrogens (tertiary/aromatic N) is 1. The third-order valence-electron chi connectivity index (χ3n) is 4.51. The second-order valence-electron chi connectivity index (χ2n) is 6.41. The molecule has 5 nitrogen and oxygen atoms in total. The molecule has 3 rings (SSSR count). The van der Waals surface area contributed by atoms with Crippen LogP contribution in [0.5, 0.6) is 5.75 Å². The molecule has 136 valence electrons. The van der Waals surface area contributed by atoms with Crippen molar-refractivity contribution >= 4 is 11.8 Å². The highest BCUT2D eigenvalue weighted by Crippen LogP contribution is 2.14. The maximum absolute atomic E-state index is 12.4. The van der Waals surface area contributed by atoms with Crippen LogP contribution < -0.4 is 10.1 Å². The normalized spacial score (nSPS) is 14.7. The molecule has 0 aliphatic carbocycles. The first-order valence-corrected chi connectivity index (χ1v) is 9.04. The Morgan fingerprint density at radius 1 is 0.962 bits per heavy atom. The van der Waals surface area contributed by atoms with E-state index >= 15 is 0 Å². The molecule has 1 aliphatic heterocycles. The van der Waals surface area contributed by atoms with Crippen LogP contribution >= 0.6 is 0 Å². The summed E-state index contributed by atoms with van der Waals surface area (Å²) in [5, 5.41) is 3.05. The number of carbonyl (C=O) groups excluding carboxylic acids is 2. The van der Waals surface area contributed by atoms with Gasteiger partial charge in [-0.2, -0.15) is 0 Å². The highest BCUT2D eigenvalue weighted by Gasteiger charge is 2.24. The summed E-state index contributed by atoms with van der Waals surface area (Å²) in [5.41, 5.74) is 0.716. The molecule has 0 atom stereocenters. The molecule has 0 bridgehead atoms. The maximum atomic E-state index is 12.4. The molecule has 5 heteroatoms. The van der Waals surface area contributed by atoms with Gasteiger partial charge in [-0.3, -0.25) is 9.59 Å². The number of ether oxygens (including phenoxy) is 1. The third kappa shape index (κ3) is 5.09. The molecule has 1 saturated heterocycles. The van der Waals surface area contributed by atoms with E-state index in [1.807, 2.05) is 65.6 Å². The SMILES string of the molecule is O=C(CCOc1ccccc1)NC1CCN(C(=O)c2ccccc2)CC1. The Kier molecular flexibility index (Phi) is 6.25. The van der Waals surface area contributed by atoms with E-state index in [1.165, 1.54) is 0 Å². The fourth-order valence-electron chi connectivity index (χ4n) is 3.07. The molecule has 26 heavy (non-hydrogen) atoms. The van der Waals surface area contributed by atoms with Crippen molar-refractivity contribution in [2.75, 3.05) is 19.7 Å². The van der Waals surface area contributed by atoms with Gasteiger partial charge in [-0.25, -0.2) is 0 Å². The molecule has 1 aliphatic rings. The second kappa shape index (κ2) is 9.04. The van der Waals surface area contributed by atoms with Crippen molar-refractivity contribution in [3.8, 4) is 5.75 Å². The van der Waals surface area contributed by atoms with Gasteiger partial charge in [0.15, 0.2) is 0 Å². The van der Waals surface area contributed by atoms with Crippen LogP contribution in [-0.4, -0.2) is 42.5 Å². The molecule has 1 N–H and O–H groups in total. The molecule has 1 fully saturated rings. The first-order valence-electron chi connectivity index (χ1n) is 9.04. The van der Waals surface area contributed by atoms with Crippen LogP contribution in [0, 0.1) is 0 Å². The Labute approximate surface area is 154 Å². The van der Waals surface area contributed by atoms with Gasteiger partial charge < -0.3 is 15.0 Å². The highest BCUT2D eigenvalue weighted by molar-refractivity contribution is 5.94. The zero-order valence-electron chi connectivity index (χ0n) is 14.8. The Morgan fingerprint density at radius 3 is 2.23 bits per heavy atom. The first-order chi connectivity index (χ1) is 12.7. The van der Waals surface area contributed by atoms with Crippen molar-refractivity contribution in [3.63, 3.8) is 0 Å². The number of benzene rings is 2. The number of nitrogens with one attached hydrogen (secondary N) is 1. The number of amides is 2. The van der Waals surface area contributed by atoms with E-state index in [4.69, 9.17) is 4.74 Å². The Hall–Kier alpha value is -2.82. The van der Waals surface area contributed by atoms with Crippen LogP contribution in [0.2, 0.25) is 0 Å². The maximum Gasteiger partial charge on any atom is 0.253 e. The monoisotopic (exact) mass is 352 g/mol. The average molecular weight is 352 g/mol. The van der Waals surface area contributed by atoms with Crippen molar-refractivity contribution in [1.82, 2.24) is 10.2 Å². The summed E-state index contributed by atoms with van der Waals surface area (Å²) in [6.07, 6.45) is 1.89. The summed E-state index contributed by atoms with van der Waals surface area (Å²) in [4.78, 5) is 26.4. The predicted octanol–water partition coefficient (Wildman–Crippen LogP) is 2.88. The van der Waals surface area contributed by atoms with Gasteiger partial charge in [-0.15, -0.1) is 0 Å². The van der Waals surface area contributed by atoms with Crippen molar-refractivity contribution < 1.29 is 14.3 Å². The molecule has 0 saturated carbocycles. The molecule has 0 spiro atoms. The average Bonchev–Trinajstić information content (AvgIpc) is 2.69. The topological polar surface area (TPSA) is 58.6 Å². The summed E-state index contributed by atoms with van der Waals surface area (Å²) in [5.74, 6) is 0.827. The van der Waals surface area contributed by atoms with Gasteiger partial charge in [0.05, 0.1) is 13.0 Å². The van der Waals surface area contributed by atoms with E-state index in [2.05, 4.69) is 5.32 Å². The second-order valence-corrected chi connectivity index (χ2v) is 6.41. The quantitative estimate of drug-likeness (QED) is 0.870. The number of carbonyl (C=O) groups is 2. The van der Waals surface area contributed by atoms with Crippen LogP contribution in [-0.2, 0) is 4.79 Å². The Morgan fingerprint density at radius 2 is 1.58 bits per heavy atom. The molecular weight excluding hydrogens is 328 g/mol. The van der Waals surface area contributed by atoms with E-state index in [-0.39, 0.29) is 17.9 Å². The van der Waals surface area contributed by atoms with Crippen molar-refractivity contribution in [2.45, 2.75) is 25.3 Å². The molecule has 0 aromatic heterocycles. The highest BCUT2D eigenvalue weighted by atomic mass is 16.5. The van der Waals surface area contributed by atoms with Crippen LogP contribution in [0.4, 0.5) is 0 Å². The van der Waals surface area contributed by atoms with Crippen LogP contribution in [0.15, 0.2) is 60.7 Å². The molecule has 0 unspecified atom stereocenters. The van der Waals surface area contributed by atoms with E-state index < -0.39 is 0 Å². The van der Waals surface area contributed by atoms with Crippen LogP contribution in [0.1, 0.15) is 29.6 Å². The molecule has 2 amide bonds. The minimum atomic E-state index is -0.00577. The molecular formula is C21H24N2O3. The summed E-state index contributed by atoms with van der Waals surface area (Å²) < 4.78 is 5.55. The van der Waals surface area contributed by atoms with Crippen molar-refractivity contribution in [1.29, 1.82) is 0 Å². The van der Waals surface area contributed by atoms with E-state index in [0.29, 0.717) is 31.7 Å². The first kappa shape index (κ1) is 18.0. The standard InChI is InChI=1S/C21H24N2O3/c24-20(13-16-26-19-9-5-2-6-10-19)22-18-11-14-23(15-12-18)21(25)17-7-3-1-4-8-17/h1-10,18H,11-16H2,(H,22,24). The Bertz CT molecular complexity index is 711. The molecule has 2 aromatic rings. The fourth-order valence-corrected chi connectivity index (χ4v) is 3.07. The van der Waals surface area contributed by atoms with Gasteiger partial charge in [0, 0.05) is 24.7 Å². The van der Waals surface area contributed by atoms with Crippen LogP contribution in [0.3, 0.4) is 0 Å². The lowest BCUT2D eigenvalue weighted by Gasteiger charge is -2.32. The minimum Gasteiger partial charge on any atom is -0.493 e. The Balaban J connectivity index is 1.37. The zero-order chi connectivity index (χ0) is 18.2. The third-order valence-corrected chi connectivity index (χ3v) is 4.51. The number of hydrogen-bond donors (Lipinski definition) is 1. The van der Waals surface area contributed by atoms with Gasteiger partial charge in [0.25, 0.3) is 5.91 Å². The summed E-state index contributed by atoms with van der Waals surface area (Å²) in [6.45, 7) is 1.69.